The number of carbonyl (C=O) groups excluding carboxylic acids is 1. The Balaban J connectivity index is 1.43. The van der Waals surface area contributed by atoms with Crippen LogP contribution in [0.25, 0.3) is 0 Å². The topological polar surface area (TPSA) is 41.6 Å². The highest BCUT2D eigenvalue weighted by Gasteiger charge is 2.57. The van der Waals surface area contributed by atoms with E-state index in [1.807, 2.05) is 4.90 Å². The third kappa shape index (κ3) is 2.98. The van der Waals surface area contributed by atoms with Crippen molar-refractivity contribution < 1.29 is 9.53 Å². The fourth-order valence-electron chi connectivity index (χ4n) is 4.57. The van der Waals surface area contributed by atoms with E-state index in [9.17, 15) is 4.79 Å². The predicted octanol–water partition coefficient (Wildman–Crippen LogP) is 2.18. The van der Waals surface area contributed by atoms with E-state index in [-0.39, 0.29) is 5.41 Å². The summed E-state index contributed by atoms with van der Waals surface area (Å²) in [5.41, 5.74) is 0.208. The summed E-state index contributed by atoms with van der Waals surface area (Å²) in [5.74, 6) is 0.981. The molecule has 3 rings (SSSR count). The number of rotatable bonds is 4. The Bertz CT molecular complexity index is 377. The summed E-state index contributed by atoms with van der Waals surface area (Å²) in [5, 5.41) is 3.65. The first-order valence-electron chi connectivity index (χ1n) is 8.73. The van der Waals surface area contributed by atoms with Crippen LogP contribution in [0.3, 0.4) is 0 Å². The third-order valence-corrected chi connectivity index (χ3v) is 5.74. The first-order valence-corrected chi connectivity index (χ1v) is 8.73. The maximum absolute atomic E-state index is 12.2. The van der Waals surface area contributed by atoms with Gasteiger partial charge in [0.15, 0.2) is 0 Å². The van der Waals surface area contributed by atoms with E-state index >= 15 is 0 Å². The highest BCUT2D eigenvalue weighted by Crippen LogP contribution is 2.51. The van der Waals surface area contributed by atoms with Gasteiger partial charge in [0, 0.05) is 50.0 Å². The zero-order valence-corrected chi connectivity index (χ0v) is 13.6. The SMILES string of the molecule is CC1(C)C(NCCC(=O)N2CCCCC2)C2CCCOC21. The average Bonchev–Trinajstić information content (AvgIpc) is 2.52. The second kappa shape index (κ2) is 6.25. The summed E-state index contributed by atoms with van der Waals surface area (Å²) >= 11 is 0. The molecule has 0 aromatic carbocycles. The second-order valence-electron chi connectivity index (χ2n) is 7.54. The lowest BCUT2D eigenvalue weighted by Gasteiger charge is -2.60. The van der Waals surface area contributed by atoms with Crippen molar-refractivity contribution in [2.45, 2.75) is 64.5 Å². The summed E-state index contributed by atoms with van der Waals surface area (Å²) < 4.78 is 5.93. The molecule has 2 aliphatic heterocycles. The van der Waals surface area contributed by atoms with Gasteiger partial charge in [0.1, 0.15) is 0 Å². The van der Waals surface area contributed by atoms with Crippen molar-refractivity contribution in [2.75, 3.05) is 26.2 Å². The van der Waals surface area contributed by atoms with Crippen molar-refractivity contribution in [3.05, 3.63) is 0 Å². The van der Waals surface area contributed by atoms with E-state index in [2.05, 4.69) is 19.2 Å². The zero-order valence-electron chi connectivity index (χ0n) is 13.6. The number of hydrogen-bond donors (Lipinski definition) is 1. The first-order chi connectivity index (χ1) is 10.1. The Hall–Kier alpha value is -0.610. The standard InChI is InChI=1S/C17H30N2O2/c1-17(2)15(13-7-6-12-21-16(13)17)18-9-8-14(20)19-10-4-3-5-11-19/h13,15-16,18H,3-12H2,1-2H3. The van der Waals surface area contributed by atoms with Crippen LogP contribution in [0, 0.1) is 11.3 Å². The number of fused-ring (bicyclic) bond motifs is 1. The van der Waals surface area contributed by atoms with E-state index in [4.69, 9.17) is 4.74 Å². The molecule has 1 saturated carbocycles. The van der Waals surface area contributed by atoms with Crippen LogP contribution in [-0.4, -0.2) is 49.2 Å². The largest absolute Gasteiger partial charge is 0.377 e. The Kier molecular flexibility index (Phi) is 4.55. The normalized spacial score (nSPS) is 35.0. The van der Waals surface area contributed by atoms with Crippen molar-refractivity contribution in [1.82, 2.24) is 10.2 Å². The lowest BCUT2D eigenvalue weighted by molar-refractivity contribution is -0.192. The molecule has 0 aromatic rings. The molecule has 1 amide bonds. The molecule has 1 N–H and O–H groups in total. The highest BCUT2D eigenvalue weighted by atomic mass is 16.5. The zero-order chi connectivity index (χ0) is 14.9. The fourth-order valence-corrected chi connectivity index (χ4v) is 4.57. The van der Waals surface area contributed by atoms with Crippen LogP contribution < -0.4 is 5.32 Å². The van der Waals surface area contributed by atoms with E-state index in [1.165, 1.54) is 32.1 Å². The number of hydrogen-bond acceptors (Lipinski definition) is 3. The quantitative estimate of drug-likeness (QED) is 0.864. The van der Waals surface area contributed by atoms with E-state index < -0.39 is 0 Å². The predicted molar refractivity (Wildman–Crippen MR) is 83.1 cm³/mol. The number of ether oxygens (including phenoxy) is 1. The number of nitrogens with one attached hydrogen (secondary N) is 1. The summed E-state index contributed by atoms with van der Waals surface area (Å²) in [6, 6.07) is 0.511. The van der Waals surface area contributed by atoms with Gasteiger partial charge in [-0.2, -0.15) is 0 Å². The summed E-state index contributed by atoms with van der Waals surface area (Å²) in [6.07, 6.45) is 7.15. The molecule has 3 fully saturated rings. The lowest BCUT2D eigenvalue weighted by Crippen LogP contribution is -2.69. The maximum Gasteiger partial charge on any atom is 0.223 e. The van der Waals surface area contributed by atoms with Crippen molar-refractivity contribution in [2.24, 2.45) is 11.3 Å². The van der Waals surface area contributed by atoms with Gasteiger partial charge in [0.25, 0.3) is 0 Å². The molecule has 3 atom stereocenters. The minimum absolute atomic E-state index is 0.208. The smallest absolute Gasteiger partial charge is 0.223 e. The molecule has 120 valence electrons. The van der Waals surface area contributed by atoms with Crippen molar-refractivity contribution in [1.29, 1.82) is 0 Å². The van der Waals surface area contributed by atoms with Crippen molar-refractivity contribution >= 4 is 5.91 Å². The minimum atomic E-state index is 0.208. The van der Waals surface area contributed by atoms with Gasteiger partial charge in [0.2, 0.25) is 5.91 Å². The van der Waals surface area contributed by atoms with Crippen molar-refractivity contribution in [3.63, 3.8) is 0 Å². The number of likely N-dealkylation sites (tertiary alicyclic amines) is 1. The molecule has 4 nitrogen and oxygen atoms in total. The van der Waals surface area contributed by atoms with Crippen molar-refractivity contribution in [3.8, 4) is 0 Å². The molecule has 4 heteroatoms. The summed E-state index contributed by atoms with van der Waals surface area (Å²) in [7, 11) is 0. The molecule has 21 heavy (non-hydrogen) atoms. The molecule has 0 aromatic heterocycles. The van der Waals surface area contributed by atoms with Gasteiger partial charge in [-0.25, -0.2) is 0 Å². The maximum atomic E-state index is 12.2. The van der Waals surface area contributed by atoms with E-state index in [1.54, 1.807) is 0 Å². The Morgan fingerprint density at radius 3 is 2.76 bits per heavy atom. The second-order valence-corrected chi connectivity index (χ2v) is 7.54. The number of nitrogens with zero attached hydrogens (tertiary/aromatic N) is 1. The Labute approximate surface area is 128 Å². The summed E-state index contributed by atoms with van der Waals surface area (Å²) in [6.45, 7) is 8.25. The van der Waals surface area contributed by atoms with Gasteiger partial charge < -0.3 is 15.0 Å². The molecule has 3 aliphatic rings. The van der Waals surface area contributed by atoms with Gasteiger partial charge in [0.05, 0.1) is 6.10 Å². The third-order valence-electron chi connectivity index (χ3n) is 5.74. The van der Waals surface area contributed by atoms with Gasteiger partial charge in [-0.3, -0.25) is 4.79 Å². The summed E-state index contributed by atoms with van der Waals surface area (Å²) in [4.78, 5) is 14.2. The van der Waals surface area contributed by atoms with Crippen LogP contribution in [0.2, 0.25) is 0 Å². The molecular formula is C17H30N2O2. The van der Waals surface area contributed by atoms with Gasteiger partial charge in [-0.15, -0.1) is 0 Å². The number of amides is 1. The molecule has 0 bridgehead atoms. The molecule has 3 unspecified atom stereocenters. The van der Waals surface area contributed by atoms with Crippen LogP contribution in [0.5, 0.6) is 0 Å². The minimum Gasteiger partial charge on any atom is -0.377 e. The molecule has 1 aliphatic carbocycles. The molecule has 0 spiro atoms. The highest BCUT2D eigenvalue weighted by molar-refractivity contribution is 5.76. The van der Waals surface area contributed by atoms with Crippen LogP contribution in [0.15, 0.2) is 0 Å². The monoisotopic (exact) mass is 294 g/mol. The van der Waals surface area contributed by atoms with Gasteiger partial charge in [-0.05, 0) is 32.1 Å². The Morgan fingerprint density at radius 1 is 1.24 bits per heavy atom. The molecular weight excluding hydrogens is 264 g/mol. The van der Waals surface area contributed by atoms with Crippen LogP contribution in [-0.2, 0) is 9.53 Å². The molecule has 2 saturated heterocycles. The van der Waals surface area contributed by atoms with Crippen LogP contribution in [0.4, 0.5) is 0 Å². The van der Waals surface area contributed by atoms with Gasteiger partial charge in [-0.1, -0.05) is 13.8 Å². The lowest BCUT2D eigenvalue weighted by atomic mass is 9.55. The average molecular weight is 294 g/mol. The number of piperidine rings is 1. The van der Waals surface area contributed by atoms with E-state index in [0.29, 0.717) is 30.4 Å². The van der Waals surface area contributed by atoms with Crippen LogP contribution in [0.1, 0.15) is 52.4 Å². The van der Waals surface area contributed by atoms with Crippen LogP contribution >= 0.6 is 0 Å². The van der Waals surface area contributed by atoms with E-state index in [0.717, 1.165) is 26.2 Å². The molecule has 0 radical (unpaired) electrons. The Morgan fingerprint density at radius 2 is 2.00 bits per heavy atom. The fraction of sp³-hybridized carbons (Fsp3) is 0.941. The number of carbonyl (C=O) groups is 1. The molecule has 2 heterocycles. The van der Waals surface area contributed by atoms with Gasteiger partial charge >= 0.3 is 0 Å². The first kappa shape index (κ1) is 15.3.